The van der Waals surface area contributed by atoms with Crippen LogP contribution in [0.25, 0.3) is 0 Å². The Labute approximate surface area is 232 Å². The van der Waals surface area contributed by atoms with Gasteiger partial charge in [-0.25, -0.2) is 34.8 Å². The van der Waals surface area contributed by atoms with Crippen molar-refractivity contribution in [3.63, 3.8) is 0 Å². The minimum Gasteiger partial charge on any atom is -0.392 e. The van der Waals surface area contributed by atoms with Gasteiger partial charge >= 0.3 is 0 Å². The van der Waals surface area contributed by atoms with E-state index in [4.69, 9.17) is 0 Å². The molecule has 1 heterocycles. The highest BCUT2D eigenvalue weighted by Crippen LogP contribution is 2.35. The summed E-state index contributed by atoms with van der Waals surface area (Å²) in [5.74, 6) is -14.4. The van der Waals surface area contributed by atoms with Gasteiger partial charge < -0.3 is 10.0 Å². The molecule has 3 aromatic rings. The quantitative estimate of drug-likeness (QED) is 0.227. The molecule has 220 valence electrons. The minimum absolute atomic E-state index is 0.163. The van der Waals surface area contributed by atoms with Crippen molar-refractivity contribution in [1.82, 2.24) is 4.31 Å². The first-order chi connectivity index (χ1) is 19.1. The average molecular weight is 601 g/mol. The van der Waals surface area contributed by atoms with E-state index in [1.54, 1.807) is 12.1 Å². The van der Waals surface area contributed by atoms with Crippen molar-refractivity contribution in [2.24, 2.45) is 0 Å². The van der Waals surface area contributed by atoms with Crippen molar-refractivity contribution in [2.75, 3.05) is 11.4 Å². The van der Waals surface area contributed by atoms with E-state index >= 15 is 4.39 Å². The number of carbonyl (C=O) groups excluding carboxylic acids is 1. The maximum Gasteiger partial charge on any atom is 0.249 e. The number of hydrogen-bond acceptors (Lipinski definition) is 4. The molecule has 0 spiro atoms. The first kappa shape index (κ1) is 30.5. The molecule has 0 saturated carbocycles. The van der Waals surface area contributed by atoms with Gasteiger partial charge in [-0.15, -0.1) is 0 Å². The molecule has 1 fully saturated rings. The number of sulfonamides is 1. The molecular formula is C28H26F6N2O4S. The van der Waals surface area contributed by atoms with Crippen molar-refractivity contribution >= 4 is 21.6 Å². The molecule has 6 nitrogen and oxygen atoms in total. The second-order valence-electron chi connectivity index (χ2n) is 10.6. The van der Waals surface area contributed by atoms with Gasteiger partial charge in [-0.2, -0.15) is 4.31 Å². The smallest absolute Gasteiger partial charge is 0.249 e. The highest BCUT2D eigenvalue weighted by molar-refractivity contribution is 7.89. The van der Waals surface area contributed by atoms with E-state index in [0.717, 1.165) is 16.5 Å². The van der Waals surface area contributed by atoms with E-state index in [1.807, 2.05) is 32.9 Å². The van der Waals surface area contributed by atoms with Gasteiger partial charge in [0.15, 0.2) is 28.2 Å². The third kappa shape index (κ3) is 5.57. The number of halogens is 6. The fourth-order valence-electron chi connectivity index (χ4n) is 4.45. The summed E-state index contributed by atoms with van der Waals surface area (Å²) in [6, 6.07) is 8.95. The van der Waals surface area contributed by atoms with Gasteiger partial charge in [-0.3, -0.25) is 4.79 Å². The molecule has 0 bridgehead atoms. The SMILES string of the molecule is CC(C)(C)c1ccc(CN(C(=O)[C@H]2CCN2S(=O)(=O)c2c(F)c(F)c(F)c(F)c2F)c2ccc(CO)cc2F)cc1. The van der Waals surface area contributed by atoms with Crippen LogP contribution < -0.4 is 4.90 Å². The normalized spacial score (nSPS) is 16.0. The van der Waals surface area contributed by atoms with Gasteiger partial charge in [0, 0.05) is 6.54 Å². The first-order valence-electron chi connectivity index (χ1n) is 12.4. The molecule has 1 aliphatic heterocycles. The number of nitrogens with zero attached hydrogens (tertiary/aromatic N) is 2. The molecular weight excluding hydrogens is 574 g/mol. The molecule has 3 aromatic carbocycles. The Morgan fingerprint density at radius 3 is 1.90 bits per heavy atom. The van der Waals surface area contributed by atoms with Gasteiger partial charge in [0.25, 0.3) is 0 Å². The number of amides is 1. The van der Waals surface area contributed by atoms with Crippen LogP contribution in [0.2, 0.25) is 0 Å². The molecule has 1 saturated heterocycles. The predicted molar refractivity (Wildman–Crippen MR) is 137 cm³/mol. The zero-order valence-electron chi connectivity index (χ0n) is 22.2. The lowest BCUT2D eigenvalue weighted by Crippen LogP contribution is -2.59. The Hall–Kier alpha value is -3.42. The molecule has 0 aliphatic carbocycles. The summed E-state index contributed by atoms with van der Waals surface area (Å²) in [5, 5.41) is 9.34. The van der Waals surface area contributed by atoms with Crippen molar-refractivity contribution in [2.45, 2.75) is 56.7 Å². The van der Waals surface area contributed by atoms with Gasteiger partial charge in [0.1, 0.15) is 11.9 Å². The molecule has 1 amide bonds. The third-order valence-electron chi connectivity index (χ3n) is 6.90. The number of aliphatic hydroxyl groups excluding tert-OH is 1. The number of hydrogen-bond donors (Lipinski definition) is 1. The Balaban J connectivity index is 1.74. The molecule has 0 aromatic heterocycles. The number of anilines is 1. The molecule has 1 aliphatic rings. The molecule has 1 N–H and O–H groups in total. The van der Waals surface area contributed by atoms with Crippen molar-refractivity contribution in [1.29, 1.82) is 0 Å². The summed E-state index contributed by atoms with van der Waals surface area (Å²) < 4.78 is 112. The largest absolute Gasteiger partial charge is 0.392 e. The van der Waals surface area contributed by atoms with Crippen LogP contribution in [0.3, 0.4) is 0 Å². The Morgan fingerprint density at radius 2 is 1.44 bits per heavy atom. The molecule has 41 heavy (non-hydrogen) atoms. The average Bonchev–Trinajstić information content (AvgIpc) is 2.88. The predicted octanol–water partition coefficient (Wildman–Crippen LogP) is 5.31. The Morgan fingerprint density at radius 1 is 0.902 bits per heavy atom. The van der Waals surface area contributed by atoms with Gasteiger partial charge in [-0.05, 0) is 40.7 Å². The summed E-state index contributed by atoms with van der Waals surface area (Å²) in [6.45, 7) is 4.78. The van der Waals surface area contributed by atoms with Crippen LogP contribution >= 0.6 is 0 Å². The van der Waals surface area contributed by atoms with E-state index in [0.29, 0.717) is 9.87 Å². The Bertz CT molecular complexity index is 1580. The third-order valence-corrected chi connectivity index (χ3v) is 8.83. The number of rotatable bonds is 7. The Kier molecular flexibility index (Phi) is 8.27. The van der Waals surface area contributed by atoms with Crippen LogP contribution in [0.15, 0.2) is 47.4 Å². The van der Waals surface area contributed by atoms with Gasteiger partial charge in [-0.1, -0.05) is 51.1 Å². The number of aliphatic hydroxyl groups is 1. The molecule has 13 heteroatoms. The lowest BCUT2D eigenvalue weighted by atomic mass is 9.86. The van der Waals surface area contributed by atoms with Crippen molar-refractivity contribution < 1.29 is 44.7 Å². The lowest BCUT2D eigenvalue weighted by Gasteiger charge is -2.41. The van der Waals surface area contributed by atoms with Crippen LogP contribution in [-0.4, -0.2) is 36.3 Å². The minimum atomic E-state index is -5.39. The van der Waals surface area contributed by atoms with Crippen LogP contribution in [0.1, 0.15) is 43.9 Å². The van der Waals surface area contributed by atoms with Crippen LogP contribution in [-0.2, 0) is 33.4 Å². The maximum absolute atomic E-state index is 15.1. The van der Waals surface area contributed by atoms with Crippen LogP contribution in [0, 0.1) is 34.9 Å². The standard InChI is InChI=1S/C28H26F6N2O4S/c1-28(2,3)17-7-4-15(5-8-17)13-35(19-9-6-16(14-37)12-18(19)29)27(38)20-10-11-36(20)41(39,40)26-24(33)22(31)21(30)23(32)25(26)34/h4-9,12,20,37H,10-11,13-14H2,1-3H3/t20-/m1/s1. The van der Waals surface area contributed by atoms with E-state index < -0.39 is 74.9 Å². The monoisotopic (exact) mass is 600 g/mol. The number of carbonyl (C=O) groups is 1. The molecule has 0 unspecified atom stereocenters. The zero-order valence-corrected chi connectivity index (χ0v) is 23.0. The topological polar surface area (TPSA) is 77.9 Å². The van der Waals surface area contributed by atoms with E-state index in [1.165, 1.54) is 12.1 Å². The van der Waals surface area contributed by atoms with Crippen LogP contribution in [0.5, 0.6) is 0 Å². The van der Waals surface area contributed by atoms with Gasteiger partial charge in [0.05, 0.1) is 18.8 Å². The summed E-state index contributed by atoms with van der Waals surface area (Å²) >= 11 is 0. The second kappa shape index (κ2) is 11.1. The number of benzene rings is 3. The fraction of sp³-hybridized carbons (Fsp3) is 0.321. The second-order valence-corrected chi connectivity index (χ2v) is 12.5. The summed E-state index contributed by atoms with van der Waals surface area (Å²) in [5.41, 5.74) is 1.24. The van der Waals surface area contributed by atoms with Crippen LogP contribution in [0.4, 0.5) is 32.0 Å². The molecule has 4 rings (SSSR count). The van der Waals surface area contributed by atoms with Crippen molar-refractivity contribution in [3.05, 3.63) is 94.1 Å². The van der Waals surface area contributed by atoms with Gasteiger partial charge in [0.2, 0.25) is 21.7 Å². The lowest BCUT2D eigenvalue weighted by molar-refractivity contribution is -0.125. The summed E-state index contributed by atoms with van der Waals surface area (Å²) in [4.78, 5) is 12.6. The molecule has 1 atom stereocenters. The van der Waals surface area contributed by atoms with E-state index in [9.17, 15) is 40.3 Å². The summed E-state index contributed by atoms with van der Waals surface area (Å²) in [6.07, 6.45) is -0.163. The van der Waals surface area contributed by atoms with Crippen molar-refractivity contribution in [3.8, 4) is 0 Å². The first-order valence-corrected chi connectivity index (χ1v) is 13.9. The zero-order chi connectivity index (χ0) is 30.4. The highest BCUT2D eigenvalue weighted by Gasteiger charge is 2.48. The maximum atomic E-state index is 15.1. The highest BCUT2D eigenvalue weighted by atomic mass is 32.2. The molecule has 0 radical (unpaired) electrons. The fourth-order valence-corrected chi connectivity index (χ4v) is 6.19. The summed E-state index contributed by atoms with van der Waals surface area (Å²) in [7, 11) is -5.39. The van der Waals surface area contributed by atoms with E-state index in [2.05, 4.69) is 0 Å². The van der Waals surface area contributed by atoms with E-state index in [-0.39, 0.29) is 29.6 Å².